The van der Waals surface area contributed by atoms with Gasteiger partial charge >= 0.3 is 0 Å². The van der Waals surface area contributed by atoms with Crippen molar-refractivity contribution in [1.82, 2.24) is 29.7 Å². The summed E-state index contributed by atoms with van der Waals surface area (Å²) in [6, 6.07) is -0.190. The van der Waals surface area contributed by atoms with Crippen molar-refractivity contribution in [3.63, 3.8) is 0 Å². The maximum Gasteiger partial charge on any atom is 0.257 e. The Bertz CT molecular complexity index is 924. The van der Waals surface area contributed by atoms with E-state index in [1.807, 2.05) is 26.4 Å². The standard InChI is InChI=1S/C17H20N6O2/c1-10-5-18-16-14(7-20-23(16)8-10)17(25)21-15(11-3-13(24)4-11)12-6-19-22(2)9-12/h5-9,11,13,15,24H,3-4H2,1-2H3,(H,21,25)/t11?,13?,15-/m1/s1. The molecule has 0 unspecified atom stereocenters. The Morgan fingerprint density at radius 3 is 2.76 bits per heavy atom. The van der Waals surface area contributed by atoms with Crippen molar-refractivity contribution in [3.05, 3.63) is 47.7 Å². The van der Waals surface area contributed by atoms with E-state index < -0.39 is 0 Å². The van der Waals surface area contributed by atoms with E-state index in [1.54, 1.807) is 21.6 Å². The molecular formula is C17H20N6O2. The predicted octanol–water partition coefficient (Wildman–Crippen LogP) is 1.01. The lowest BCUT2D eigenvalue weighted by atomic mass is 9.75. The Kier molecular flexibility index (Phi) is 3.76. The number of carbonyl (C=O) groups is 1. The molecule has 1 saturated carbocycles. The summed E-state index contributed by atoms with van der Waals surface area (Å²) in [5.74, 6) is -0.0261. The fourth-order valence-corrected chi connectivity index (χ4v) is 3.32. The van der Waals surface area contributed by atoms with Crippen LogP contribution in [0.5, 0.6) is 0 Å². The molecule has 2 N–H and O–H groups in total. The zero-order chi connectivity index (χ0) is 17.6. The van der Waals surface area contributed by atoms with Gasteiger partial charge in [-0.3, -0.25) is 9.48 Å². The first-order chi connectivity index (χ1) is 12.0. The first-order valence-corrected chi connectivity index (χ1v) is 8.28. The minimum Gasteiger partial charge on any atom is -0.393 e. The van der Waals surface area contributed by atoms with E-state index in [4.69, 9.17) is 0 Å². The maximum atomic E-state index is 12.8. The normalized spacial score (nSPS) is 21.1. The van der Waals surface area contributed by atoms with Gasteiger partial charge in [-0.2, -0.15) is 10.2 Å². The topological polar surface area (TPSA) is 97.3 Å². The Balaban J connectivity index is 1.61. The number of aryl methyl sites for hydroxylation is 2. The highest BCUT2D eigenvalue weighted by molar-refractivity contribution is 5.99. The lowest BCUT2D eigenvalue weighted by molar-refractivity contribution is 0.0235. The Morgan fingerprint density at radius 2 is 2.08 bits per heavy atom. The molecule has 0 bridgehead atoms. The number of hydrogen-bond acceptors (Lipinski definition) is 5. The van der Waals surface area contributed by atoms with E-state index in [-0.39, 0.29) is 24.0 Å². The lowest BCUT2D eigenvalue weighted by Crippen LogP contribution is -2.41. The largest absolute Gasteiger partial charge is 0.393 e. The third-order valence-corrected chi connectivity index (χ3v) is 4.72. The lowest BCUT2D eigenvalue weighted by Gasteiger charge is -2.37. The molecule has 0 saturated heterocycles. The van der Waals surface area contributed by atoms with Crippen molar-refractivity contribution in [3.8, 4) is 0 Å². The number of nitrogens with zero attached hydrogens (tertiary/aromatic N) is 5. The van der Waals surface area contributed by atoms with Crippen LogP contribution < -0.4 is 5.32 Å². The molecule has 1 atom stereocenters. The van der Waals surface area contributed by atoms with Gasteiger partial charge in [0, 0.05) is 31.2 Å². The van der Waals surface area contributed by atoms with Crippen molar-refractivity contribution >= 4 is 11.6 Å². The second-order valence-corrected chi connectivity index (χ2v) is 6.74. The van der Waals surface area contributed by atoms with E-state index in [9.17, 15) is 9.90 Å². The monoisotopic (exact) mass is 340 g/mol. The van der Waals surface area contributed by atoms with E-state index in [1.165, 1.54) is 6.20 Å². The van der Waals surface area contributed by atoms with Crippen LogP contribution in [0.2, 0.25) is 0 Å². The molecule has 25 heavy (non-hydrogen) atoms. The van der Waals surface area contributed by atoms with Gasteiger partial charge < -0.3 is 10.4 Å². The van der Waals surface area contributed by atoms with E-state index in [0.717, 1.165) is 11.1 Å². The summed E-state index contributed by atoms with van der Waals surface area (Å²) in [4.78, 5) is 17.1. The molecule has 0 spiro atoms. The van der Waals surface area contributed by atoms with Crippen LogP contribution in [0.25, 0.3) is 5.65 Å². The van der Waals surface area contributed by atoms with Crippen molar-refractivity contribution in [2.24, 2.45) is 13.0 Å². The highest BCUT2D eigenvalue weighted by Gasteiger charge is 2.36. The number of carbonyl (C=O) groups excluding carboxylic acids is 1. The van der Waals surface area contributed by atoms with Crippen LogP contribution in [0.3, 0.4) is 0 Å². The Hall–Kier alpha value is -2.74. The smallest absolute Gasteiger partial charge is 0.257 e. The van der Waals surface area contributed by atoms with Crippen LogP contribution in [0.15, 0.2) is 31.0 Å². The number of aliphatic hydroxyl groups excluding tert-OH is 1. The third-order valence-electron chi connectivity index (χ3n) is 4.72. The van der Waals surface area contributed by atoms with E-state index in [0.29, 0.717) is 24.1 Å². The number of rotatable bonds is 4. The van der Waals surface area contributed by atoms with Gasteiger partial charge in [-0.15, -0.1) is 0 Å². The van der Waals surface area contributed by atoms with Gasteiger partial charge in [-0.25, -0.2) is 9.50 Å². The van der Waals surface area contributed by atoms with Gasteiger partial charge in [0.1, 0.15) is 5.56 Å². The van der Waals surface area contributed by atoms with Gasteiger partial charge in [0.25, 0.3) is 5.91 Å². The SMILES string of the molecule is Cc1cnc2c(C(=O)N[C@@H](c3cnn(C)c3)C3CC(O)C3)cnn2c1. The summed E-state index contributed by atoms with van der Waals surface area (Å²) in [5, 5.41) is 21.1. The molecule has 1 aliphatic carbocycles. The second-order valence-electron chi connectivity index (χ2n) is 6.74. The first kappa shape index (κ1) is 15.8. The van der Waals surface area contributed by atoms with Crippen molar-refractivity contribution in [2.45, 2.75) is 31.9 Å². The summed E-state index contributed by atoms with van der Waals surface area (Å²) in [6.07, 6.45) is 9.79. The van der Waals surface area contributed by atoms with Crippen LogP contribution in [0.1, 0.15) is 40.4 Å². The summed E-state index contributed by atoms with van der Waals surface area (Å²) >= 11 is 0. The van der Waals surface area contributed by atoms with E-state index >= 15 is 0 Å². The molecule has 130 valence electrons. The molecule has 0 aliphatic heterocycles. The van der Waals surface area contributed by atoms with E-state index in [2.05, 4.69) is 20.5 Å². The summed E-state index contributed by atoms with van der Waals surface area (Å²) in [7, 11) is 1.84. The quantitative estimate of drug-likeness (QED) is 0.739. The maximum absolute atomic E-state index is 12.8. The molecule has 8 heteroatoms. The highest BCUT2D eigenvalue weighted by Crippen LogP contribution is 2.38. The number of amides is 1. The summed E-state index contributed by atoms with van der Waals surface area (Å²) < 4.78 is 3.32. The molecule has 8 nitrogen and oxygen atoms in total. The van der Waals surface area contributed by atoms with Crippen LogP contribution in [-0.4, -0.2) is 41.5 Å². The molecule has 4 rings (SSSR count). The average molecular weight is 340 g/mol. The highest BCUT2D eigenvalue weighted by atomic mass is 16.3. The van der Waals surface area contributed by atoms with Gasteiger partial charge in [0.05, 0.1) is 24.5 Å². The van der Waals surface area contributed by atoms with Crippen LogP contribution in [0, 0.1) is 12.8 Å². The van der Waals surface area contributed by atoms with Crippen molar-refractivity contribution in [2.75, 3.05) is 0 Å². The molecular weight excluding hydrogens is 320 g/mol. The summed E-state index contributed by atoms with van der Waals surface area (Å²) in [5.41, 5.74) is 2.88. The number of aliphatic hydroxyl groups is 1. The van der Waals surface area contributed by atoms with Gasteiger partial charge in [-0.1, -0.05) is 0 Å². The number of hydrogen-bond donors (Lipinski definition) is 2. The fourth-order valence-electron chi connectivity index (χ4n) is 3.32. The number of fused-ring (bicyclic) bond motifs is 1. The van der Waals surface area contributed by atoms with Gasteiger partial charge in [0.15, 0.2) is 5.65 Å². The molecule has 3 aromatic heterocycles. The average Bonchev–Trinajstić information content (AvgIpc) is 3.15. The zero-order valence-electron chi connectivity index (χ0n) is 14.1. The molecule has 3 aromatic rings. The van der Waals surface area contributed by atoms with Crippen molar-refractivity contribution in [1.29, 1.82) is 0 Å². The third kappa shape index (κ3) is 2.89. The predicted molar refractivity (Wildman–Crippen MR) is 89.9 cm³/mol. The van der Waals surface area contributed by atoms with Crippen molar-refractivity contribution < 1.29 is 9.90 Å². The summed E-state index contributed by atoms with van der Waals surface area (Å²) in [6.45, 7) is 1.92. The van der Waals surface area contributed by atoms with Crippen LogP contribution in [0.4, 0.5) is 0 Å². The zero-order valence-corrected chi connectivity index (χ0v) is 14.1. The minimum atomic E-state index is -0.289. The molecule has 1 fully saturated rings. The minimum absolute atomic E-state index is 0.190. The Labute approximate surface area is 144 Å². The van der Waals surface area contributed by atoms with Gasteiger partial charge in [0.2, 0.25) is 0 Å². The number of aromatic nitrogens is 5. The van der Waals surface area contributed by atoms with Crippen LogP contribution >= 0.6 is 0 Å². The number of nitrogens with one attached hydrogen (secondary N) is 1. The molecule has 3 heterocycles. The Morgan fingerprint density at radius 1 is 1.28 bits per heavy atom. The second kappa shape index (κ2) is 5.96. The molecule has 1 amide bonds. The first-order valence-electron chi connectivity index (χ1n) is 8.28. The van der Waals surface area contributed by atoms with Crippen LogP contribution in [-0.2, 0) is 7.05 Å². The molecule has 0 aromatic carbocycles. The molecule has 1 aliphatic rings. The molecule has 0 radical (unpaired) electrons. The fraction of sp³-hybridized carbons (Fsp3) is 0.412. The van der Waals surface area contributed by atoms with Gasteiger partial charge in [-0.05, 0) is 31.2 Å².